The summed E-state index contributed by atoms with van der Waals surface area (Å²) < 4.78 is 4.91. The summed E-state index contributed by atoms with van der Waals surface area (Å²) in [5.74, 6) is -0.688. The van der Waals surface area contributed by atoms with Crippen molar-refractivity contribution in [1.29, 1.82) is 0 Å². The molecule has 3 rings (SSSR count). The van der Waals surface area contributed by atoms with Crippen LogP contribution in [-0.4, -0.2) is 30.0 Å². The summed E-state index contributed by atoms with van der Waals surface area (Å²) in [6, 6.07) is 7.50. The molecule has 1 aromatic heterocycles. The number of carbonyl (C=O) groups excluding carboxylic acids is 2. The molecule has 6 heteroatoms. The SMILES string of the molecule is Cc1ccc(N2C[C@@H](C(=O)NC[C@@H](O)c3ccoc3)CC2=O)cc1C. The molecule has 2 heterocycles. The molecular weight excluding hydrogens is 320 g/mol. The molecule has 1 saturated heterocycles. The second-order valence-electron chi connectivity index (χ2n) is 6.49. The first-order valence-corrected chi connectivity index (χ1v) is 8.31. The first-order valence-electron chi connectivity index (χ1n) is 8.31. The molecule has 2 N–H and O–H groups in total. The second-order valence-corrected chi connectivity index (χ2v) is 6.49. The van der Waals surface area contributed by atoms with Crippen molar-refractivity contribution in [2.75, 3.05) is 18.0 Å². The lowest BCUT2D eigenvalue weighted by Gasteiger charge is -2.18. The molecule has 1 aliphatic heterocycles. The topological polar surface area (TPSA) is 82.8 Å². The second kappa shape index (κ2) is 7.11. The van der Waals surface area contributed by atoms with Crippen LogP contribution in [0.4, 0.5) is 5.69 Å². The number of aliphatic hydroxyl groups is 1. The fraction of sp³-hybridized carbons (Fsp3) is 0.368. The summed E-state index contributed by atoms with van der Waals surface area (Å²) in [5.41, 5.74) is 3.71. The van der Waals surface area contributed by atoms with Crippen LogP contribution in [0.15, 0.2) is 41.2 Å². The van der Waals surface area contributed by atoms with Gasteiger partial charge in [0.1, 0.15) is 0 Å². The molecule has 2 aromatic rings. The number of rotatable bonds is 5. The number of aryl methyl sites for hydroxylation is 2. The van der Waals surface area contributed by atoms with Crippen molar-refractivity contribution < 1.29 is 19.1 Å². The number of carbonyl (C=O) groups is 2. The van der Waals surface area contributed by atoms with Gasteiger partial charge in [-0.2, -0.15) is 0 Å². The van der Waals surface area contributed by atoms with Gasteiger partial charge in [0.2, 0.25) is 11.8 Å². The largest absolute Gasteiger partial charge is 0.472 e. The number of nitrogens with one attached hydrogen (secondary N) is 1. The van der Waals surface area contributed by atoms with E-state index in [2.05, 4.69) is 5.32 Å². The summed E-state index contributed by atoms with van der Waals surface area (Å²) >= 11 is 0. The maximum Gasteiger partial charge on any atom is 0.227 e. The number of nitrogens with zero attached hydrogens (tertiary/aromatic N) is 1. The molecule has 0 unspecified atom stereocenters. The fourth-order valence-corrected chi connectivity index (χ4v) is 2.95. The van der Waals surface area contributed by atoms with Crippen LogP contribution >= 0.6 is 0 Å². The Kier molecular flexibility index (Phi) is 4.90. The number of benzene rings is 1. The molecule has 0 saturated carbocycles. The normalized spacial score (nSPS) is 18.4. The summed E-state index contributed by atoms with van der Waals surface area (Å²) in [6.07, 6.45) is 2.27. The molecule has 1 fully saturated rings. The number of hydrogen-bond donors (Lipinski definition) is 2. The Hall–Kier alpha value is -2.60. The lowest BCUT2D eigenvalue weighted by Crippen LogP contribution is -2.35. The molecule has 0 radical (unpaired) electrons. The summed E-state index contributed by atoms with van der Waals surface area (Å²) in [5, 5.41) is 12.7. The molecule has 2 amide bonds. The van der Waals surface area contributed by atoms with Crippen molar-refractivity contribution in [3.63, 3.8) is 0 Å². The lowest BCUT2D eigenvalue weighted by atomic mass is 10.1. The Morgan fingerprint density at radius 2 is 2.16 bits per heavy atom. The Labute approximate surface area is 146 Å². The van der Waals surface area contributed by atoms with Gasteiger partial charge in [-0.3, -0.25) is 9.59 Å². The Bertz CT molecular complexity index is 770. The summed E-state index contributed by atoms with van der Waals surface area (Å²) in [7, 11) is 0. The van der Waals surface area contributed by atoms with E-state index in [1.807, 2.05) is 32.0 Å². The number of aliphatic hydroxyl groups excluding tert-OH is 1. The van der Waals surface area contributed by atoms with Gasteiger partial charge in [0, 0.05) is 30.8 Å². The van der Waals surface area contributed by atoms with E-state index < -0.39 is 12.0 Å². The van der Waals surface area contributed by atoms with Crippen molar-refractivity contribution in [2.45, 2.75) is 26.4 Å². The van der Waals surface area contributed by atoms with E-state index in [-0.39, 0.29) is 24.8 Å². The first kappa shape index (κ1) is 17.2. The molecule has 132 valence electrons. The van der Waals surface area contributed by atoms with E-state index in [9.17, 15) is 14.7 Å². The van der Waals surface area contributed by atoms with E-state index in [4.69, 9.17) is 4.42 Å². The third-order valence-corrected chi connectivity index (χ3v) is 4.70. The van der Waals surface area contributed by atoms with Crippen molar-refractivity contribution >= 4 is 17.5 Å². The maximum atomic E-state index is 12.3. The molecule has 2 atom stereocenters. The van der Waals surface area contributed by atoms with Gasteiger partial charge in [0.25, 0.3) is 0 Å². The van der Waals surface area contributed by atoms with Gasteiger partial charge in [-0.25, -0.2) is 0 Å². The van der Waals surface area contributed by atoms with Gasteiger partial charge in [-0.1, -0.05) is 6.07 Å². The van der Waals surface area contributed by atoms with Crippen LogP contribution in [0, 0.1) is 19.8 Å². The van der Waals surface area contributed by atoms with Crippen molar-refractivity contribution in [3.8, 4) is 0 Å². The zero-order valence-corrected chi connectivity index (χ0v) is 14.4. The average molecular weight is 342 g/mol. The highest BCUT2D eigenvalue weighted by Crippen LogP contribution is 2.27. The summed E-state index contributed by atoms with van der Waals surface area (Å²) in [4.78, 5) is 26.3. The van der Waals surface area contributed by atoms with E-state index in [0.717, 1.165) is 16.8 Å². The van der Waals surface area contributed by atoms with Gasteiger partial charge in [0.15, 0.2) is 0 Å². The Morgan fingerprint density at radius 3 is 2.84 bits per heavy atom. The zero-order valence-electron chi connectivity index (χ0n) is 14.4. The minimum atomic E-state index is -0.823. The zero-order chi connectivity index (χ0) is 18.0. The predicted molar refractivity (Wildman–Crippen MR) is 93.1 cm³/mol. The van der Waals surface area contributed by atoms with Gasteiger partial charge < -0.3 is 19.7 Å². The van der Waals surface area contributed by atoms with Crippen LogP contribution in [0.2, 0.25) is 0 Å². The van der Waals surface area contributed by atoms with Gasteiger partial charge in [-0.05, 0) is 43.2 Å². The van der Waals surface area contributed by atoms with E-state index >= 15 is 0 Å². The molecule has 0 aliphatic carbocycles. The van der Waals surface area contributed by atoms with Gasteiger partial charge in [0.05, 0.1) is 24.5 Å². The quantitative estimate of drug-likeness (QED) is 0.872. The number of hydrogen-bond acceptors (Lipinski definition) is 4. The molecule has 6 nitrogen and oxygen atoms in total. The smallest absolute Gasteiger partial charge is 0.227 e. The van der Waals surface area contributed by atoms with E-state index in [1.165, 1.54) is 12.5 Å². The highest BCUT2D eigenvalue weighted by atomic mass is 16.3. The maximum absolute atomic E-state index is 12.3. The fourth-order valence-electron chi connectivity index (χ4n) is 2.95. The van der Waals surface area contributed by atoms with Gasteiger partial charge in [-0.15, -0.1) is 0 Å². The lowest BCUT2D eigenvalue weighted by molar-refractivity contribution is -0.126. The van der Waals surface area contributed by atoms with Crippen LogP contribution in [0.3, 0.4) is 0 Å². The average Bonchev–Trinajstić information content (AvgIpc) is 3.24. The van der Waals surface area contributed by atoms with E-state index in [0.29, 0.717) is 12.1 Å². The number of furan rings is 1. The minimum absolute atomic E-state index is 0.0567. The Balaban J connectivity index is 1.59. The van der Waals surface area contributed by atoms with E-state index in [1.54, 1.807) is 11.0 Å². The van der Waals surface area contributed by atoms with Crippen LogP contribution < -0.4 is 10.2 Å². The monoisotopic (exact) mass is 342 g/mol. The highest BCUT2D eigenvalue weighted by molar-refractivity contribution is 6.00. The van der Waals surface area contributed by atoms with Crippen LogP contribution in [0.25, 0.3) is 0 Å². The van der Waals surface area contributed by atoms with Crippen molar-refractivity contribution in [2.24, 2.45) is 5.92 Å². The highest BCUT2D eigenvalue weighted by Gasteiger charge is 2.35. The third-order valence-electron chi connectivity index (χ3n) is 4.70. The molecule has 1 aromatic carbocycles. The third kappa shape index (κ3) is 3.74. The van der Waals surface area contributed by atoms with Crippen LogP contribution in [0.5, 0.6) is 0 Å². The van der Waals surface area contributed by atoms with Crippen LogP contribution in [-0.2, 0) is 9.59 Å². The number of amides is 2. The molecule has 1 aliphatic rings. The predicted octanol–water partition coefficient (Wildman–Crippen LogP) is 2.10. The van der Waals surface area contributed by atoms with Crippen molar-refractivity contribution in [3.05, 3.63) is 53.5 Å². The molecule has 0 spiro atoms. The first-order chi connectivity index (χ1) is 12.0. The minimum Gasteiger partial charge on any atom is -0.472 e. The van der Waals surface area contributed by atoms with Gasteiger partial charge >= 0.3 is 0 Å². The molecule has 25 heavy (non-hydrogen) atoms. The van der Waals surface area contributed by atoms with Crippen LogP contribution in [0.1, 0.15) is 29.2 Å². The molecular formula is C19H22N2O4. The number of anilines is 1. The Morgan fingerprint density at radius 1 is 1.36 bits per heavy atom. The summed E-state index contributed by atoms with van der Waals surface area (Å²) in [6.45, 7) is 4.47. The molecule has 0 bridgehead atoms. The van der Waals surface area contributed by atoms with Crippen molar-refractivity contribution in [1.82, 2.24) is 5.32 Å². The standard InChI is InChI=1S/C19H22N2O4/c1-12-3-4-16(7-13(12)2)21-10-15(8-18(21)23)19(24)20-9-17(22)14-5-6-25-11-14/h3-7,11,15,17,22H,8-10H2,1-2H3,(H,20,24)/t15-,17+/m0/s1.